The molecule has 0 aromatic carbocycles. The molecule has 0 aromatic heterocycles. The van der Waals surface area contributed by atoms with Crippen LogP contribution in [0.1, 0.15) is 60.3 Å². The molecule has 2 aliphatic heterocycles. The van der Waals surface area contributed by atoms with Crippen LogP contribution in [0.2, 0.25) is 0 Å². The van der Waals surface area contributed by atoms with E-state index in [9.17, 15) is 43.8 Å². The van der Waals surface area contributed by atoms with Crippen LogP contribution >= 0.6 is 0 Å². The normalized spacial score (nSPS) is 34.7. The molecule has 0 radical (unpaired) electrons. The number of hydrogen-bond acceptors (Lipinski definition) is 17. The first-order valence-corrected chi connectivity index (χ1v) is 16.0. The second-order valence-corrected chi connectivity index (χ2v) is 12.3. The van der Waals surface area contributed by atoms with Gasteiger partial charge in [0.25, 0.3) is 6.29 Å². The standard InChI is InChI=1S/C31H42N2O16/c1-6-43-22(39)9-10-33-29(41)18-8-7-17-19(11-20(38)25(40)23(17)24(18)30(33)42)32-49-31-28(47-16(5)37)27(46-15(4)36)26(45-14(3)35)21(48-31)12-44-13(2)34/h17-18,20-21,23-28,31,38,40H,6-12H2,1-5H3/b32-19+/t17-,18-,20-,21-,23+,24-,25-,26-,27+,28-,31+/m1/s1. The van der Waals surface area contributed by atoms with E-state index in [0.29, 0.717) is 0 Å². The van der Waals surface area contributed by atoms with Crippen molar-refractivity contribution in [1.29, 1.82) is 0 Å². The lowest BCUT2D eigenvalue weighted by atomic mass is 9.60. The van der Waals surface area contributed by atoms with E-state index in [1.54, 1.807) is 6.92 Å². The molecule has 2 aliphatic carbocycles. The summed E-state index contributed by atoms with van der Waals surface area (Å²) in [6.45, 7) is 5.44. The van der Waals surface area contributed by atoms with Gasteiger partial charge in [0.2, 0.25) is 17.9 Å². The number of likely N-dealkylation sites (tertiary alicyclic amines) is 1. The highest BCUT2D eigenvalue weighted by Crippen LogP contribution is 2.49. The fourth-order valence-electron chi connectivity index (χ4n) is 7.09. The van der Waals surface area contributed by atoms with Crippen molar-refractivity contribution in [1.82, 2.24) is 4.90 Å². The second kappa shape index (κ2) is 16.0. The number of rotatable bonds is 11. The van der Waals surface area contributed by atoms with Crippen LogP contribution in [0.15, 0.2) is 5.16 Å². The monoisotopic (exact) mass is 698 g/mol. The van der Waals surface area contributed by atoms with Gasteiger partial charge in [0.05, 0.1) is 42.8 Å². The summed E-state index contributed by atoms with van der Waals surface area (Å²) in [6, 6.07) is 0. The molecule has 18 nitrogen and oxygen atoms in total. The summed E-state index contributed by atoms with van der Waals surface area (Å²) in [5, 5.41) is 26.2. The fourth-order valence-corrected chi connectivity index (χ4v) is 7.09. The Morgan fingerprint density at radius 3 is 2.06 bits per heavy atom. The molecule has 2 heterocycles. The minimum Gasteiger partial charge on any atom is -0.466 e. The molecular formula is C31H42N2O16. The molecule has 0 spiro atoms. The Morgan fingerprint density at radius 1 is 0.837 bits per heavy atom. The van der Waals surface area contributed by atoms with E-state index in [4.69, 9.17) is 33.3 Å². The number of hydrogen-bond donors (Lipinski definition) is 2. The van der Waals surface area contributed by atoms with Crippen LogP contribution in [0, 0.1) is 23.7 Å². The van der Waals surface area contributed by atoms with Crippen LogP contribution in [0.4, 0.5) is 0 Å². The maximum absolute atomic E-state index is 13.6. The third kappa shape index (κ3) is 8.53. The Morgan fingerprint density at radius 2 is 1.45 bits per heavy atom. The van der Waals surface area contributed by atoms with Crippen LogP contribution in [0.25, 0.3) is 0 Å². The fraction of sp³-hybridized carbons (Fsp3) is 0.742. The largest absolute Gasteiger partial charge is 0.466 e. The van der Waals surface area contributed by atoms with Crippen LogP contribution in [0.3, 0.4) is 0 Å². The summed E-state index contributed by atoms with van der Waals surface area (Å²) in [5.41, 5.74) is 0.208. The number of nitrogens with zero attached hydrogens (tertiary/aromatic N) is 2. The molecule has 2 saturated heterocycles. The SMILES string of the molecule is CCOC(=O)CCN1C(=O)[C@H]2[C@H]3[C@H](O)[C@H](O)C/C(=N\O[C@@H]4O[C@H](COC(C)=O)[C@@H](OC(C)=O)[C@H](OC(C)=O)[C@H]4OC(C)=O)[C@H]3CC[C@H]2C1=O. The van der Waals surface area contributed by atoms with Gasteiger partial charge in [0.15, 0.2) is 12.2 Å². The van der Waals surface area contributed by atoms with Crippen molar-refractivity contribution in [2.45, 2.75) is 103 Å². The van der Waals surface area contributed by atoms with Gasteiger partial charge in [0.1, 0.15) is 12.7 Å². The highest BCUT2D eigenvalue weighted by Gasteiger charge is 2.60. The molecule has 0 aromatic rings. The molecule has 2 amide bonds. The van der Waals surface area contributed by atoms with Crippen LogP contribution in [-0.4, -0.2) is 125 Å². The quantitative estimate of drug-likeness (QED) is 0.116. The van der Waals surface area contributed by atoms with Crippen molar-refractivity contribution >= 4 is 47.4 Å². The van der Waals surface area contributed by atoms with Gasteiger partial charge in [-0.05, 0) is 19.8 Å². The van der Waals surface area contributed by atoms with Crippen molar-refractivity contribution in [2.24, 2.45) is 28.8 Å². The van der Waals surface area contributed by atoms with Gasteiger partial charge in [0, 0.05) is 52.5 Å². The molecule has 272 valence electrons. The first-order chi connectivity index (χ1) is 23.1. The Bertz CT molecular complexity index is 1350. The molecule has 4 fully saturated rings. The van der Waals surface area contributed by atoms with E-state index in [2.05, 4.69) is 5.16 Å². The van der Waals surface area contributed by atoms with Crippen molar-refractivity contribution in [3.63, 3.8) is 0 Å². The lowest BCUT2D eigenvalue weighted by Crippen LogP contribution is -2.62. The van der Waals surface area contributed by atoms with Crippen molar-refractivity contribution < 1.29 is 77.0 Å². The van der Waals surface area contributed by atoms with E-state index in [1.165, 1.54) is 0 Å². The smallest absolute Gasteiger partial charge is 0.307 e. The first-order valence-electron chi connectivity index (χ1n) is 16.0. The molecule has 0 unspecified atom stereocenters. The summed E-state index contributed by atoms with van der Waals surface area (Å²) < 4.78 is 32.0. The predicted octanol–water partition coefficient (Wildman–Crippen LogP) is -0.852. The van der Waals surface area contributed by atoms with Gasteiger partial charge in [-0.15, -0.1) is 0 Å². The number of ether oxygens (including phenoxy) is 6. The molecule has 49 heavy (non-hydrogen) atoms. The molecule has 4 rings (SSSR count). The minimum absolute atomic E-state index is 0.140. The van der Waals surface area contributed by atoms with Gasteiger partial charge < -0.3 is 43.5 Å². The Kier molecular flexibility index (Phi) is 12.3. The topological polar surface area (TPSA) is 240 Å². The maximum Gasteiger partial charge on any atom is 0.307 e. The molecule has 0 bridgehead atoms. The van der Waals surface area contributed by atoms with E-state index in [0.717, 1.165) is 32.6 Å². The Labute approximate surface area is 281 Å². The summed E-state index contributed by atoms with van der Waals surface area (Å²) in [4.78, 5) is 93.4. The number of amides is 2. The highest BCUT2D eigenvalue weighted by atomic mass is 16.8. The molecule has 4 aliphatic rings. The van der Waals surface area contributed by atoms with Gasteiger partial charge in [-0.2, -0.15) is 0 Å². The molecule has 2 saturated carbocycles. The number of aliphatic hydroxyl groups excluding tert-OH is 2. The van der Waals surface area contributed by atoms with Gasteiger partial charge in [-0.25, -0.2) is 0 Å². The summed E-state index contributed by atoms with van der Waals surface area (Å²) in [5.74, 6) is -8.20. The number of fused-ring (bicyclic) bond motifs is 3. The van der Waals surface area contributed by atoms with E-state index in [1.807, 2.05) is 0 Å². The molecule has 18 heteroatoms. The average molecular weight is 699 g/mol. The van der Waals surface area contributed by atoms with E-state index in [-0.39, 0.29) is 44.5 Å². The number of esters is 5. The first kappa shape index (κ1) is 37.7. The second-order valence-electron chi connectivity index (χ2n) is 12.3. The number of carbonyl (C=O) groups is 7. The van der Waals surface area contributed by atoms with Gasteiger partial charge >= 0.3 is 29.8 Å². The van der Waals surface area contributed by atoms with E-state index >= 15 is 0 Å². The molecule has 11 atom stereocenters. The number of aliphatic hydroxyl groups is 2. The Balaban J connectivity index is 1.63. The number of imide groups is 1. The van der Waals surface area contributed by atoms with Crippen LogP contribution in [0.5, 0.6) is 0 Å². The highest BCUT2D eigenvalue weighted by molar-refractivity contribution is 6.06. The predicted molar refractivity (Wildman–Crippen MR) is 158 cm³/mol. The average Bonchev–Trinajstić information content (AvgIpc) is 3.26. The van der Waals surface area contributed by atoms with Crippen LogP contribution < -0.4 is 0 Å². The van der Waals surface area contributed by atoms with E-state index < -0.39 is 115 Å². The summed E-state index contributed by atoms with van der Waals surface area (Å²) in [7, 11) is 0. The van der Waals surface area contributed by atoms with Crippen molar-refractivity contribution in [2.75, 3.05) is 19.8 Å². The summed E-state index contributed by atoms with van der Waals surface area (Å²) >= 11 is 0. The summed E-state index contributed by atoms with van der Waals surface area (Å²) in [6.07, 6.45) is -10.1. The zero-order valence-corrected chi connectivity index (χ0v) is 27.8. The van der Waals surface area contributed by atoms with Gasteiger partial charge in [-0.1, -0.05) is 5.16 Å². The zero-order valence-electron chi connectivity index (χ0n) is 27.8. The van der Waals surface area contributed by atoms with Crippen LogP contribution in [-0.2, 0) is 66.8 Å². The zero-order chi connectivity index (χ0) is 36.2. The number of carbonyl (C=O) groups excluding carboxylic acids is 7. The molecule has 2 N–H and O–H groups in total. The maximum atomic E-state index is 13.6. The van der Waals surface area contributed by atoms with Gasteiger partial charge in [-0.3, -0.25) is 38.5 Å². The lowest BCUT2D eigenvalue weighted by Gasteiger charge is -2.46. The Hall–Kier alpha value is -4.16. The third-order valence-electron chi connectivity index (χ3n) is 8.94. The van der Waals surface area contributed by atoms with Crippen molar-refractivity contribution in [3.05, 3.63) is 0 Å². The lowest BCUT2D eigenvalue weighted by molar-refractivity contribution is -0.308. The molecular weight excluding hydrogens is 656 g/mol. The number of oxime groups is 1. The third-order valence-corrected chi connectivity index (χ3v) is 8.94. The minimum atomic E-state index is -1.64. The van der Waals surface area contributed by atoms with Crippen molar-refractivity contribution in [3.8, 4) is 0 Å².